The van der Waals surface area contributed by atoms with Gasteiger partial charge in [0.05, 0.1) is 11.2 Å². The molecule has 0 saturated heterocycles. The van der Waals surface area contributed by atoms with Gasteiger partial charge in [-0.15, -0.1) is 21.5 Å². The maximum absolute atomic E-state index is 13.1. The van der Waals surface area contributed by atoms with E-state index in [-0.39, 0.29) is 24.2 Å². The Morgan fingerprint density at radius 2 is 2.13 bits per heavy atom. The van der Waals surface area contributed by atoms with Crippen molar-refractivity contribution in [3.8, 4) is 16.5 Å². The molecule has 7 nitrogen and oxygen atoms in total. The summed E-state index contributed by atoms with van der Waals surface area (Å²) in [5.74, 6) is 1.64. The van der Waals surface area contributed by atoms with E-state index < -0.39 is 0 Å². The molecule has 4 rings (SSSR count). The molecule has 1 amide bonds. The number of amides is 1. The van der Waals surface area contributed by atoms with Crippen LogP contribution in [0.1, 0.15) is 43.2 Å². The minimum Gasteiger partial charge on any atom is -0.484 e. The van der Waals surface area contributed by atoms with Crippen molar-refractivity contribution in [2.75, 3.05) is 13.2 Å². The third kappa shape index (κ3) is 5.02. The third-order valence-electron chi connectivity index (χ3n) is 5.33. The summed E-state index contributed by atoms with van der Waals surface area (Å²) in [6.07, 6.45) is 3.85. The monoisotopic (exact) mass is 430 g/mol. The number of nitrogens with one attached hydrogen (secondary N) is 1. The van der Waals surface area contributed by atoms with Crippen molar-refractivity contribution in [3.63, 3.8) is 0 Å². The van der Waals surface area contributed by atoms with Crippen LogP contribution in [0.2, 0.25) is 0 Å². The van der Waals surface area contributed by atoms with E-state index >= 15 is 0 Å². The van der Waals surface area contributed by atoms with E-state index in [1.807, 2.05) is 6.92 Å². The smallest absolute Gasteiger partial charge is 0.259 e. The molecule has 0 radical (unpaired) electrons. The van der Waals surface area contributed by atoms with Crippen LogP contribution in [0.5, 0.6) is 5.75 Å². The highest BCUT2D eigenvalue weighted by Gasteiger charge is 2.27. The van der Waals surface area contributed by atoms with Crippen LogP contribution in [0.15, 0.2) is 34.2 Å². The van der Waals surface area contributed by atoms with Gasteiger partial charge in [0.25, 0.3) is 11.8 Å². The summed E-state index contributed by atoms with van der Waals surface area (Å²) in [5, 5.41) is 11.3. The molecule has 1 aliphatic carbocycles. The first-order chi connectivity index (χ1) is 14.6. The number of hydrogen-bond acceptors (Lipinski definition) is 7. The molecule has 158 valence electrons. The van der Waals surface area contributed by atoms with Crippen molar-refractivity contribution in [1.29, 1.82) is 0 Å². The summed E-state index contributed by atoms with van der Waals surface area (Å²) < 4.78 is 24.4. The lowest BCUT2D eigenvalue weighted by atomic mass is 9.82. The predicted molar refractivity (Wildman–Crippen MR) is 110 cm³/mol. The van der Waals surface area contributed by atoms with Crippen molar-refractivity contribution < 1.29 is 18.3 Å². The van der Waals surface area contributed by atoms with E-state index in [1.165, 1.54) is 23.5 Å². The Hall–Kier alpha value is -2.81. The normalized spacial score (nSPS) is 18.9. The molecule has 3 aromatic rings. The number of halogens is 1. The minimum absolute atomic E-state index is 0.124. The molecule has 1 aromatic carbocycles. The second kappa shape index (κ2) is 9.34. The predicted octanol–water partition coefficient (Wildman–Crippen LogP) is 4.11. The number of nitrogens with zero attached hydrogens (tertiary/aromatic N) is 3. The van der Waals surface area contributed by atoms with Crippen molar-refractivity contribution >= 4 is 17.2 Å². The molecular formula is C21H23FN4O3S. The molecule has 30 heavy (non-hydrogen) atoms. The van der Waals surface area contributed by atoms with Crippen LogP contribution in [0.4, 0.5) is 4.39 Å². The number of carbonyl (C=O) groups excluding carboxylic acids is 1. The SMILES string of the molecule is Cc1ncsc1-c1nnc(C2CCC(CNC(=O)COc3cccc(F)c3)CC2)o1. The van der Waals surface area contributed by atoms with E-state index in [9.17, 15) is 9.18 Å². The van der Waals surface area contributed by atoms with Crippen LogP contribution in [0.3, 0.4) is 0 Å². The average molecular weight is 431 g/mol. The lowest BCUT2D eigenvalue weighted by Gasteiger charge is -2.26. The number of rotatable bonds is 7. The van der Waals surface area contributed by atoms with Gasteiger partial charge in [-0.25, -0.2) is 9.37 Å². The number of ether oxygens (including phenoxy) is 1. The van der Waals surface area contributed by atoms with Gasteiger partial charge in [0.2, 0.25) is 5.89 Å². The van der Waals surface area contributed by atoms with Crippen LogP contribution in [-0.4, -0.2) is 34.2 Å². The fourth-order valence-electron chi connectivity index (χ4n) is 3.63. The zero-order chi connectivity index (χ0) is 20.9. The Kier molecular flexibility index (Phi) is 6.37. The molecule has 0 aliphatic heterocycles. The zero-order valence-corrected chi connectivity index (χ0v) is 17.5. The van der Waals surface area contributed by atoms with E-state index in [0.717, 1.165) is 36.3 Å². The Morgan fingerprint density at radius 3 is 2.87 bits per heavy atom. The first-order valence-electron chi connectivity index (χ1n) is 9.97. The maximum atomic E-state index is 13.1. The molecule has 0 spiro atoms. The Labute approximate surface area is 177 Å². The van der Waals surface area contributed by atoms with Crippen molar-refractivity contribution in [1.82, 2.24) is 20.5 Å². The number of benzene rings is 1. The van der Waals surface area contributed by atoms with Gasteiger partial charge in [0, 0.05) is 18.5 Å². The number of carbonyl (C=O) groups is 1. The molecule has 9 heteroatoms. The van der Waals surface area contributed by atoms with Gasteiger partial charge < -0.3 is 14.5 Å². The molecule has 0 atom stereocenters. The Bertz CT molecular complexity index is 998. The number of aromatic nitrogens is 3. The summed E-state index contributed by atoms with van der Waals surface area (Å²) >= 11 is 1.50. The van der Waals surface area contributed by atoms with Crippen molar-refractivity contribution in [2.24, 2.45) is 5.92 Å². The van der Waals surface area contributed by atoms with E-state index in [2.05, 4.69) is 20.5 Å². The van der Waals surface area contributed by atoms with Crippen LogP contribution in [-0.2, 0) is 4.79 Å². The molecule has 1 saturated carbocycles. The van der Waals surface area contributed by atoms with Crippen LogP contribution in [0, 0.1) is 18.7 Å². The summed E-state index contributed by atoms with van der Waals surface area (Å²) in [7, 11) is 0. The lowest BCUT2D eigenvalue weighted by Crippen LogP contribution is -2.34. The molecule has 1 N–H and O–H groups in total. The molecular weight excluding hydrogens is 407 g/mol. The van der Waals surface area contributed by atoms with Crippen LogP contribution >= 0.6 is 11.3 Å². The third-order valence-corrected chi connectivity index (χ3v) is 6.25. The molecule has 2 heterocycles. The van der Waals surface area contributed by atoms with Crippen LogP contribution < -0.4 is 10.1 Å². The summed E-state index contributed by atoms with van der Waals surface area (Å²) in [4.78, 5) is 17.2. The van der Waals surface area contributed by atoms with Crippen molar-refractivity contribution in [2.45, 2.75) is 38.5 Å². The second-order valence-electron chi connectivity index (χ2n) is 7.48. The number of aryl methyl sites for hydroxylation is 1. The molecule has 1 fully saturated rings. The summed E-state index contributed by atoms with van der Waals surface area (Å²) in [6, 6.07) is 5.76. The van der Waals surface area contributed by atoms with Gasteiger partial charge in [0.1, 0.15) is 16.4 Å². The second-order valence-corrected chi connectivity index (χ2v) is 8.33. The topological polar surface area (TPSA) is 90.1 Å². The first kappa shape index (κ1) is 20.5. The van der Waals surface area contributed by atoms with Gasteiger partial charge in [-0.3, -0.25) is 4.79 Å². The van der Waals surface area contributed by atoms with E-state index in [0.29, 0.717) is 30.0 Å². The van der Waals surface area contributed by atoms with Gasteiger partial charge in [-0.05, 0) is 50.7 Å². The molecule has 0 unspecified atom stereocenters. The van der Waals surface area contributed by atoms with E-state index in [1.54, 1.807) is 17.6 Å². The highest BCUT2D eigenvalue weighted by molar-refractivity contribution is 7.13. The van der Waals surface area contributed by atoms with Gasteiger partial charge in [0.15, 0.2) is 6.61 Å². The van der Waals surface area contributed by atoms with Crippen molar-refractivity contribution in [3.05, 3.63) is 47.2 Å². The Balaban J connectivity index is 1.20. The first-order valence-corrected chi connectivity index (χ1v) is 10.9. The highest BCUT2D eigenvalue weighted by atomic mass is 32.1. The Morgan fingerprint density at radius 1 is 1.30 bits per heavy atom. The van der Waals surface area contributed by atoms with E-state index in [4.69, 9.17) is 9.15 Å². The average Bonchev–Trinajstić information content (AvgIpc) is 3.40. The van der Waals surface area contributed by atoms with Gasteiger partial charge >= 0.3 is 0 Å². The van der Waals surface area contributed by atoms with Gasteiger partial charge in [-0.2, -0.15) is 0 Å². The fourth-order valence-corrected chi connectivity index (χ4v) is 4.35. The maximum Gasteiger partial charge on any atom is 0.259 e. The molecule has 0 bridgehead atoms. The molecule has 2 aromatic heterocycles. The lowest BCUT2D eigenvalue weighted by molar-refractivity contribution is -0.123. The minimum atomic E-state index is -0.389. The number of thiazole rings is 1. The summed E-state index contributed by atoms with van der Waals surface area (Å²) in [5.41, 5.74) is 2.67. The fraction of sp³-hybridized carbons (Fsp3) is 0.429. The molecule has 1 aliphatic rings. The van der Waals surface area contributed by atoms with Crippen LogP contribution in [0.25, 0.3) is 10.8 Å². The quantitative estimate of drug-likeness (QED) is 0.607. The van der Waals surface area contributed by atoms with Gasteiger partial charge in [-0.1, -0.05) is 6.07 Å². The highest BCUT2D eigenvalue weighted by Crippen LogP contribution is 2.36. The standard InChI is InChI=1S/C21H23FN4O3S/c1-13-19(30-12-24-13)21-26-25-20(29-21)15-7-5-14(6-8-15)10-23-18(27)11-28-17-4-2-3-16(22)9-17/h2-4,9,12,14-15H,5-8,10-11H2,1H3,(H,23,27). The zero-order valence-electron chi connectivity index (χ0n) is 16.6. The number of hydrogen-bond donors (Lipinski definition) is 1. The largest absolute Gasteiger partial charge is 0.484 e. The summed E-state index contributed by atoms with van der Waals surface area (Å²) in [6.45, 7) is 2.41.